The van der Waals surface area contributed by atoms with Crippen molar-refractivity contribution in [2.75, 3.05) is 32.9 Å². The van der Waals surface area contributed by atoms with Crippen molar-refractivity contribution >= 4 is 11.7 Å². The molecule has 0 spiro atoms. The zero-order valence-electron chi connectivity index (χ0n) is 19.7. The summed E-state index contributed by atoms with van der Waals surface area (Å²) in [6.07, 6.45) is 0. The lowest BCUT2D eigenvalue weighted by Gasteiger charge is -2.40. The number of carbonyl (C=O) groups is 1. The van der Waals surface area contributed by atoms with E-state index in [0.29, 0.717) is 17.1 Å². The summed E-state index contributed by atoms with van der Waals surface area (Å²) in [5.41, 5.74) is 3.27. The molecule has 1 fully saturated rings. The van der Waals surface area contributed by atoms with E-state index < -0.39 is 11.8 Å². The zero-order valence-corrected chi connectivity index (χ0v) is 19.7. The van der Waals surface area contributed by atoms with Crippen LogP contribution in [-0.2, 0) is 9.53 Å². The van der Waals surface area contributed by atoms with Gasteiger partial charge in [0.1, 0.15) is 5.75 Å². The van der Waals surface area contributed by atoms with E-state index in [2.05, 4.69) is 5.32 Å². The number of esters is 1. The Morgan fingerprint density at radius 1 is 0.917 bits per heavy atom. The van der Waals surface area contributed by atoms with Gasteiger partial charge in [0.05, 0.1) is 32.8 Å². The first-order valence-electron chi connectivity index (χ1n) is 11.6. The first-order valence-corrected chi connectivity index (χ1v) is 11.6. The summed E-state index contributed by atoms with van der Waals surface area (Å²) in [7, 11) is 3.03. The summed E-state index contributed by atoms with van der Waals surface area (Å²) in [5.74, 6) is -0.141. The first-order chi connectivity index (χ1) is 17.5. The molecule has 3 aromatic rings. The fourth-order valence-corrected chi connectivity index (χ4v) is 5.56. The van der Waals surface area contributed by atoms with Gasteiger partial charge in [0, 0.05) is 17.5 Å². The second kappa shape index (κ2) is 8.44. The lowest BCUT2D eigenvalue weighted by atomic mass is 9.65. The number of carbonyl (C=O) groups excluding carboxylic acids is 1. The number of ether oxygens (including phenoxy) is 5. The van der Waals surface area contributed by atoms with E-state index in [1.54, 1.807) is 13.2 Å². The van der Waals surface area contributed by atoms with Crippen molar-refractivity contribution in [3.05, 3.63) is 65.2 Å². The highest BCUT2D eigenvalue weighted by molar-refractivity contribution is 5.79. The van der Waals surface area contributed by atoms with Gasteiger partial charge < -0.3 is 39.2 Å². The number of nitrogens with one attached hydrogen (secondary N) is 1. The number of cyclic esters (lactones) is 1. The number of phenols is 2. The van der Waals surface area contributed by atoms with Gasteiger partial charge in [-0.15, -0.1) is 0 Å². The summed E-state index contributed by atoms with van der Waals surface area (Å²) >= 11 is 0. The third-order valence-corrected chi connectivity index (χ3v) is 7.26. The number of hydrogen-bond acceptors (Lipinski definition) is 9. The van der Waals surface area contributed by atoms with Crippen molar-refractivity contribution < 1.29 is 38.7 Å². The SMILES string of the molecule is COc1ccc(NC2c3cc4c(cc3[C@@H](c3cc(O)c(O)c(OC)c3)[C@H]3C(=O)OC[C@H]23)OCO4)cc1. The van der Waals surface area contributed by atoms with E-state index in [9.17, 15) is 15.0 Å². The first kappa shape index (κ1) is 22.2. The second-order valence-corrected chi connectivity index (χ2v) is 9.07. The Morgan fingerprint density at radius 3 is 2.33 bits per heavy atom. The summed E-state index contributed by atoms with van der Waals surface area (Å²) in [5, 5.41) is 24.2. The molecule has 1 unspecified atom stereocenters. The quantitative estimate of drug-likeness (QED) is 0.361. The third kappa shape index (κ3) is 3.42. The van der Waals surface area contributed by atoms with E-state index in [1.165, 1.54) is 13.2 Å². The molecule has 0 saturated carbocycles. The summed E-state index contributed by atoms with van der Waals surface area (Å²) < 4.78 is 27.5. The Balaban J connectivity index is 1.52. The highest BCUT2D eigenvalue weighted by atomic mass is 16.7. The molecule has 3 N–H and O–H groups in total. The van der Waals surface area contributed by atoms with E-state index in [4.69, 9.17) is 23.7 Å². The van der Waals surface area contributed by atoms with Gasteiger partial charge in [0.2, 0.25) is 12.5 Å². The molecule has 0 bridgehead atoms. The molecule has 9 heteroatoms. The number of anilines is 1. The summed E-state index contributed by atoms with van der Waals surface area (Å²) in [6, 6.07) is 14.3. The smallest absolute Gasteiger partial charge is 0.310 e. The van der Waals surface area contributed by atoms with Crippen LogP contribution in [0.25, 0.3) is 0 Å². The van der Waals surface area contributed by atoms with Crippen molar-refractivity contribution in [2.45, 2.75) is 12.0 Å². The van der Waals surface area contributed by atoms with Crippen LogP contribution in [0, 0.1) is 11.8 Å². The summed E-state index contributed by atoms with van der Waals surface area (Å²) in [4.78, 5) is 13.2. The van der Waals surface area contributed by atoms with Crippen molar-refractivity contribution in [1.82, 2.24) is 0 Å². The molecule has 1 saturated heterocycles. The van der Waals surface area contributed by atoms with Crippen LogP contribution in [0.5, 0.6) is 34.5 Å². The molecule has 186 valence electrons. The molecule has 1 aliphatic carbocycles. The van der Waals surface area contributed by atoms with Gasteiger partial charge in [-0.3, -0.25) is 4.79 Å². The van der Waals surface area contributed by atoms with Crippen LogP contribution in [0.3, 0.4) is 0 Å². The molecule has 3 aliphatic rings. The molecular formula is C27H25NO8. The predicted molar refractivity (Wildman–Crippen MR) is 128 cm³/mol. The molecule has 6 rings (SSSR count). The number of benzene rings is 3. The average Bonchev–Trinajstić information content (AvgIpc) is 3.51. The van der Waals surface area contributed by atoms with Gasteiger partial charge in [-0.25, -0.2) is 0 Å². The Bertz CT molecular complexity index is 1340. The largest absolute Gasteiger partial charge is 0.504 e. The predicted octanol–water partition coefficient (Wildman–Crippen LogP) is 3.93. The van der Waals surface area contributed by atoms with Crippen LogP contribution in [0.1, 0.15) is 28.7 Å². The molecule has 9 nitrogen and oxygen atoms in total. The number of aromatic hydroxyl groups is 2. The number of methoxy groups -OCH3 is 2. The molecule has 3 aromatic carbocycles. The Hall–Kier alpha value is -4.27. The maximum atomic E-state index is 13.2. The van der Waals surface area contributed by atoms with E-state index in [1.807, 2.05) is 36.4 Å². The minimum Gasteiger partial charge on any atom is -0.504 e. The topological polar surface area (TPSA) is 116 Å². The molecule has 0 aromatic heterocycles. The zero-order chi connectivity index (χ0) is 25.0. The van der Waals surface area contributed by atoms with E-state index in [-0.39, 0.29) is 48.6 Å². The van der Waals surface area contributed by atoms with Crippen molar-refractivity contribution in [3.63, 3.8) is 0 Å². The Morgan fingerprint density at radius 2 is 1.64 bits per heavy atom. The fourth-order valence-electron chi connectivity index (χ4n) is 5.56. The number of phenolic OH excluding ortho intramolecular Hbond substituents is 2. The van der Waals surface area contributed by atoms with E-state index in [0.717, 1.165) is 22.6 Å². The number of hydrogen-bond donors (Lipinski definition) is 3. The third-order valence-electron chi connectivity index (χ3n) is 7.26. The molecule has 36 heavy (non-hydrogen) atoms. The van der Waals surface area contributed by atoms with Gasteiger partial charge in [-0.2, -0.15) is 0 Å². The Kier molecular flexibility index (Phi) is 5.21. The van der Waals surface area contributed by atoms with Crippen molar-refractivity contribution in [1.29, 1.82) is 0 Å². The lowest BCUT2D eigenvalue weighted by molar-refractivity contribution is -0.141. The molecule has 2 aliphatic heterocycles. The second-order valence-electron chi connectivity index (χ2n) is 9.07. The van der Waals surface area contributed by atoms with E-state index >= 15 is 0 Å². The van der Waals surface area contributed by atoms with Gasteiger partial charge in [-0.05, 0) is 65.2 Å². The number of fused-ring (bicyclic) bond motifs is 3. The molecule has 0 amide bonds. The molecular weight excluding hydrogens is 466 g/mol. The average molecular weight is 491 g/mol. The normalized spacial score (nSPS) is 23.4. The summed E-state index contributed by atoms with van der Waals surface area (Å²) in [6.45, 7) is 0.352. The highest BCUT2D eigenvalue weighted by Crippen LogP contribution is 2.56. The van der Waals surface area contributed by atoms with Crippen LogP contribution in [-0.4, -0.2) is 43.8 Å². The standard InChI is InChI=1S/C27H25NO8/c1-32-15-5-3-14(4-6-15)28-25-17-10-21-20(35-12-36-21)9-16(17)23(24-18(25)11-34-27(24)31)13-7-19(29)26(30)22(8-13)33-2/h3-10,18,23-25,28-30H,11-12H2,1-2H3/t18-,23+,24-,25?/m0/s1. The highest BCUT2D eigenvalue weighted by Gasteiger charge is 2.52. The molecule has 4 atom stereocenters. The molecule has 2 heterocycles. The number of rotatable bonds is 5. The van der Waals surface area contributed by atoms with Gasteiger partial charge in [-0.1, -0.05) is 0 Å². The van der Waals surface area contributed by atoms with Crippen LogP contribution in [0.2, 0.25) is 0 Å². The molecule has 0 radical (unpaired) electrons. The van der Waals surface area contributed by atoms with Crippen LogP contribution in [0.4, 0.5) is 5.69 Å². The Labute approximate surface area is 207 Å². The van der Waals surface area contributed by atoms with Crippen molar-refractivity contribution in [3.8, 4) is 34.5 Å². The van der Waals surface area contributed by atoms with Crippen LogP contribution < -0.4 is 24.3 Å². The fraction of sp³-hybridized carbons (Fsp3) is 0.296. The lowest BCUT2D eigenvalue weighted by Crippen LogP contribution is -2.37. The van der Waals surface area contributed by atoms with Gasteiger partial charge >= 0.3 is 5.97 Å². The van der Waals surface area contributed by atoms with Gasteiger partial charge in [0.25, 0.3) is 0 Å². The van der Waals surface area contributed by atoms with Crippen molar-refractivity contribution in [2.24, 2.45) is 11.8 Å². The minimum atomic E-state index is -0.540. The van der Waals surface area contributed by atoms with Crippen LogP contribution >= 0.6 is 0 Å². The minimum absolute atomic E-state index is 0.113. The van der Waals surface area contributed by atoms with Gasteiger partial charge in [0.15, 0.2) is 23.0 Å². The maximum absolute atomic E-state index is 13.2. The maximum Gasteiger partial charge on any atom is 0.310 e. The van der Waals surface area contributed by atoms with Crippen LogP contribution in [0.15, 0.2) is 48.5 Å². The monoisotopic (exact) mass is 491 g/mol.